The third-order valence-corrected chi connectivity index (χ3v) is 12.3. The summed E-state index contributed by atoms with van der Waals surface area (Å²) in [5, 5.41) is 8.40. The summed E-state index contributed by atoms with van der Waals surface area (Å²) in [6.07, 6.45) is 3.57. The average Bonchev–Trinajstić information content (AvgIpc) is 3.45. The maximum Gasteiger partial charge on any atom is 0.324 e. The number of carbonyl (C=O) groups is 3. The molecule has 2 fully saturated rings. The fraction of sp³-hybridized carbons (Fsp3) is 0.537. The highest BCUT2D eigenvalue weighted by atomic mass is 32.1. The van der Waals surface area contributed by atoms with E-state index in [1.165, 1.54) is 16.3 Å². The lowest BCUT2D eigenvalue weighted by Gasteiger charge is -2.35. The number of methoxy groups -OCH3 is 2. The Balaban J connectivity index is 1.33. The average molecular weight is 757 g/mol. The van der Waals surface area contributed by atoms with Gasteiger partial charge in [-0.25, -0.2) is 10.4 Å². The summed E-state index contributed by atoms with van der Waals surface area (Å²) in [7, 11) is 3.33. The molecule has 7 rings (SSSR count). The van der Waals surface area contributed by atoms with Gasteiger partial charge in [0.15, 0.2) is 0 Å². The minimum Gasteiger partial charge on any atom is -0.464 e. The summed E-state index contributed by atoms with van der Waals surface area (Å²) < 4.78 is 19.5. The predicted octanol–water partition coefficient (Wildman–Crippen LogP) is 5.73. The summed E-state index contributed by atoms with van der Waals surface area (Å²) in [5.74, 6) is -0.806. The number of carbonyl (C=O) groups excluding carboxylic acids is 3. The molecule has 2 amide bonds. The Bertz CT molecular complexity index is 2040. The van der Waals surface area contributed by atoms with Crippen LogP contribution in [0.4, 0.5) is 0 Å². The number of fused-ring (bicyclic) bond motifs is 6. The van der Waals surface area contributed by atoms with Crippen LogP contribution in [-0.2, 0) is 48.0 Å². The van der Waals surface area contributed by atoms with Crippen LogP contribution in [0.15, 0.2) is 41.9 Å². The molecule has 2 N–H and O–H groups in total. The maximum atomic E-state index is 14.2. The number of esters is 1. The van der Waals surface area contributed by atoms with Crippen LogP contribution in [0, 0.1) is 23.2 Å². The van der Waals surface area contributed by atoms with Crippen molar-refractivity contribution in [2.45, 2.75) is 85.0 Å². The van der Waals surface area contributed by atoms with Crippen molar-refractivity contribution < 1.29 is 28.6 Å². The Morgan fingerprint density at radius 3 is 2.80 bits per heavy atom. The number of ether oxygens (including phenoxy) is 3. The monoisotopic (exact) mass is 756 g/mol. The zero-order chi connectivity index (χ0) is 38.3. The summed E-state index contributed by atoms with van der Waals surface area (Å²) in [6, 6.07) is 8.97. The lowest BCUT2D eigenvalue weighted by atomic mass is 9.84. The normalized spacial score (nSPS) is 24.9. The Kier molecular flexibility index (Phi) is 11.0. The molecular formula is C41H52N6O6S. The molecule has 1 aromatic carbocycles. The van der Waals surface area contributed by atoms with E-state index in [1.807, 2.05) is 25.3 Å². The number of thiazole rings is 1. The smallest absolute Gasteiger partial charge is 0.324 e. The van der Waals surface area contributed by atoms with Crippen molar-refractivity contribution >= 4 is 40.0 Å². The molecule has 6 atom stereocenters. The topological polar surface area (TPSA) is 137 Å². The molecule has 0 radical (unpaired) electrons. The SMILES string of the molecule is CCn1c(-c2cccnc2[C@H](C)OC)c2c3cc(ccc31)-c1csc(n1)C[C@H](NC(=O)[C@@H]1[C@@H](C)[C@H]1COC)C(=O)N1CCC[C@H](N1)C(=O)OCC(C)(C)C2. The molecule has 6 bridgehead atoms. The van der Waals surface area contributed by atoms with Gasteiger partial charge in [0.05, 0.1) is 41.4 Å². The maximum absolute atomic E-state index is 14.2. The van der Waals surface area contributed by atoms with Gasteiger partial charge in [-0.15, -0.1) is 11.3 Å². The minimum absolute atomic E-state index is 0.114. The van der Waals surface area contributed by atoms with Crippen LogP contribution in [0.5, 0.6) is 0 Å². The van der Waals surface area contributed by atoms with Crippen molar-refractivity contribution in [3.05, 3.63) is 58.2 Å². The molecule has 13 heteroatoms. The standard InChI is InChI=1S/C41H52N6O6S/c1-8-46-33-14-13-25-17-27(33)28(37(46)26-11-9-15-42-36(26)24(3)52-7)19-41(4,5)22-53-40(50)30-12-10-16-47(45-30)39(49)31(18-34-43-32(25)21-54-34)44-38(48)35-23(2)29(35)20-51-6/h9,11,13-15,17,21,23-24,29-31,35,45H,8,10,12,16,18-20,22H2,1-7H3,(H,44,48)/t23-,24-,29+,30-,31-,35+/m0/s1. The van der Waals surface area contributed by atoms with Gasteiger partial charge < -0.3 is 24.1 Å². The van der Waals surface area contributed by atoms with Crippen LogP contribution in [0.25, 0.3) is 33.4 Å². The Labute approximate surface area is 320 Å². The van der Waals surface area contributed by atoms with Crippen molar-refractivity contribution in [2.24, 2.45) is 23.2 Å². The van der Waals surface area contributed by atoms with E-state index in [9.17, 15) is 14.4 Å². The first-order valence-electron chi connectivity index (χ1n) is 19.1. The van der Waals surface area contributed by atoms with Gasteiger partial charge in [-0.1, -0.05) is 26.8 Å². The Morgan fingerprint density at radius 2 is 2.04 bits per heavy atom. The Hall–Kier alpha value is -4.17. The fourth-order valence-electron chi connectivity index (χ4n) is 8.26. The Morgan fingerprint density at radius 1 is 1.22 bits per heavy atom. The molecule has 1 saturated carbocycles. The summed E-state index contributed by atoms with van der Waals surface area (Å²) in [5.41, 5.74) is 9.62. The van der Waals surface area contributed by atoms with Crippen LogP contribution in [0.2, 0.25) is 0 Å². The second-order valence-corrected chi connectivity index (χ2v) is 16.7. The first-order chi connectivity index (χ1) is 25.9. The third-order valence-electron chi connectivity index (χ3n) is 11.4. The van der Waals surface area contributed by atoms with E-state index >= 15 is 0 Å². The van der Waals surface area contributed by atoms with Crippen molar-refractivity contribution in [2.75, 3.05) is 34.0 Å². The van der Waals surface area contributed by atoms with Crippen molar-refractivity contribution in [1.82, 2.24) is 30.3 Å². The number of aromatic nitrogens is 3. The molecule has 2 aliphatic heterocycles. The second kappa shape index (κ2) is 15.5. The van der Waals surface area contributed by atoms with Gasteiger partial charge in [0, 0.05) is 78.7 Å². The number of cyclic esters (lactones) is 1. The number of nitrogens with zero attached hydrogens (tertiary/aromatic N) is 4. The van der Waals surface area contributed by atoms with Crippen LogP contribution >= 0.6 is 11.3 Å². The zero-order valence-corrected chi connectivity index (χ0v) is 33.1. The number of pyridine rings is 1. The number of rotatable bonds is 8. The molecule has 3 aromatic heterocycles. The molecule has 54 heavy (non-hydrogen) atoms. The molecule has 1 aliphatic carbocycles. The number of hydrogen-bond donors (Lipinski definition) is 2. The molecule has 288 valence electrons. The minimum atomic E-state index is -0.869. The van der Waals surface area contributed by atoms with E-state index < -0.39 is 23.5 Å². The molecular weight excluding hydrogens is 705 g/mol. The molecule has 5 heterocycles. The number of amides is 2. The van der Waals surface area contributed by atoms with Crippen molar-refractivity contribution in [3.63, 3.8) is 0 Å². The highest BCUT2D eigenvalue weighted by molar-refractivity contribution is 7.10. The molecule has 1 saturated heterocycles. The highest BCUT2D eigenvalue weighted by Gasteiger charge is 2.52. The number of aryl methyl sites for hydroxylation is 1. The van der Waals surface area contributed by atoms with E-state index in [1.54, 1.807) is 20.4 Å². The van der Waals surface area contributed by atoms with Gasteiger partial charge in [0.1, 0.15) is 12.1 Å². The lowest BCUT2D eigenvalue weighted by molar-refractivity contribution is -0.155. The van der Waals surface area contributed by atoms with Gasteiger partial charge in [0.2, 0.25) is 5.91 Å². The quantitative estimate of drug-likeness (QED) is 0.216. The summed E-state index contributed by atoms with van der Waals surface area (Å²) >= 11 is 1.47. The molecule has 0 spiro atoms. The highest BCUT2D eigenvalue weighted by Crippen LogP contribution is 2.46. The predicted molar refractivity (Wildman–Crippen MR) is 207 cm³/mol. The van der Waals surface area contributed by atoms with Crippen molar-refractivity contribution in [1.29, 1.82) is 0 Å². The van der Waals surface area contributed by atoms with Gasteiger partial charge in [-0.2, -0.15) is 0 Å². The first-order valence-corrected chi connectivity index (χ1v) is 19.9. The molecule has 0 unspecified atom stereocenters. The molecule has 4 aromatic rings. The first kappa shape index (κ1) is 38.1. The number of hydrazine groups is 1. The number of nitrogens with one attached hydrogen (secondary N) is 2. The van der Waals surface area contributed by atoms with Crippen LogP contribution in [0.1, 0.15) is 69.8 Å². The van der Waals surface area contributed by atoms with Crippen LogP contribution < -0.4 is 10.7 Å². The largest absolute Gasteiger partial charge is 0.464 e. The van der Waals surface area contributed by atoms with E-state index in [-0.39, 0.29) is 48.7 Å². The summed E-state index contributed by atoms with van der Waals surface area (Å²) in [6.45, 7) is 12.2. The van der Waals surface area contributed by atoms with Crippen LogP contribution in [-0.4, -0.2) is 83.4 Å². The molecule has 3 aliphatic rings. The zero-order valence-electron chi connectivity index (χ0n) is 32.3. The van der Waals surface area contributed by atoms with E-state index in [2.05, 4.69) is 60.3 Å². The molecule has 12 nitrogen and oxygen atoms in total. The second-order valence-electron chi connectivity index (χ2n) is 15.8. The third kappa shape index (κ3) is 7.43. The van der Waals surface area contributed by atoms with E-state index in [0.717, 1.165) is 56.2 Å². The number of hydrogen-bond acceptors (Lipinski definition) is 10. The lowest BCUT2D eigenvalue weighted by Crippen LogP contribution is -2.60. The fourth-order valence-corrected chi connectivity index (χ4v) is 9.11. The van der Waals surface area contributed by atoms with Gasteiger partial charge in [-0.05, 0) is 74.8 Å². The summed E-state index contributed by atoms with van der Waals surface area (Å²) in [4.78, 5) is 51.3. The van der Waals surface area contributed by atoms with E-state index in [4.69, 9.17) is 24.2 Å². The van der Waals surface area contributed by atoms with E-state index in [0.29, 0.717) is 32.4 Å². The van der Waals surface area contributed by atoms with Gasteiger partial charge in [-0.3, -0.25) is 24.4 Å². The van der Waals surface area contributed by atoms with Gasteiger partial charge >= 0.3 is 5.97 Å². The van der Waals surface area contributed by atoms with Gasteiger partial charge in [0.25, 0.3) is 5.91 Å². The van der Waals surface area contributed by atoms with Crippen LogP contribution in [0.3, 0.4) is 0 Å². The number of benzene rings is 1. The van der Waals surface area contributed by atoms with Crippen molar-refractivity contribution in [3.8, 4) is 22.5 Å².